The summed E-state index contributed by atoms with van der Waals surface area (Å²) in [6.07, 6.45) is 10.3. The minimum atomic E-state index is 0.101. The Morgan fingerprint density at radius 2 is 2.00 bits per heavy atom. The van der Waals surface area contributed by atoms with Crippen molar-refractivity contribution in [2.24, 2.45) is 5.92 Å². The third kappa shape index (κ3) is 2.48. The SMILES string of the molecule is O=C(C1CCOC2(CCC2)C1)C1CCCCCN1. The minimum Gasteiger partial charge on any atom is -0.375 e. The summed E-state index contributed by atoms with van der Waals surface area (Å²) in [4.78, 5) is 12.6. The van der Waals surface area contributed by atoms with E-state index in [1.54, 1.807) is 0 Å². The number of ether oxygens (including phenoxy) is 1. The van der Waals surface area contributed by atoms with E-state index in [0.29, 0.717) is 5.78 Å². The minimum absolute atomic E-state index is 0.101. The molecule has 1 spiro atoms. The zero-order chi connectivity index (χ0) is 12.4. The second-order valence-corrected chi connectivity index (χ2v) is 6.33. The molecule has 1 saturated carbocycles. The van der Waals surface area contributed by atoms with Crippen molar-refractivity contribution < 1.29 is 9.53 Å². The number of rotatable bonds is 2. The molecule has 2 aliphatic heterocycles. The van der Waals surface area contributed by atoms with Gasteiger partial charge in [0.2, 0.25) is 0 Å². The lowest BCUT2D eigenvalue weighted by Crippen LogP contribution is -2.50. The molecule has 1 N–H and O–H groups in total. The van der Waals surface area contributed by atoms with E-state index < -0.39 is 0 Å². The lowest BCUT2D eigenvalue weighted by molar-refractivity contribution is -0.156. The van der Waals surface area contributed by atoms with Gasteiger partial charge in [0.25, 0.3) is 0 Å². The molecule has 3 rings (SSSR count). The van der Waals surface area contributed by atoms with Gasteiger partial charge in [-0.15, -0.1) is 0 Å². The number of carbonyl (C=O) groups excluding carboxylic acids is 1. The number of nitrogens with one attached hydrogen (secondary N) is 1. The first kappa shape index (κ1) is 12.6. The van der Waals surface area contributed by atoms with Crippen LogP contribution in [0.15, 0.2) is 0 Å². The van der Waals surface area contributed by atoms with E-state index in [9.17, 15) is 4.79 Å². The first-order valence-corrected chi connectivity index (χ1v) is 7.70. The lowest BCUT2D eigenvalue weighted by Gasteiger charge is -2.47. The van der Waals surface area contributed by atoms with E-state index in [1.807, 2.05) is 0 Å². The van der Waals surface area contributed by atoms with Crippen LogP contribution in [-0.4, -0.2) is 30.6 Å². The van der Waals surface area contributed by atoms with Gasteiger partial charge < -0.3 is 10.1 Å². The molecule has 0 amide bonds. The van der Waals surface area contributed by atoms with Crippen molar-refractivity contribution in [2.75, 3.05) is 13.2 Å². The highest BCUT2D eigenvalue weighted by Crippen LogP contribution is 2.44. The fourth-order valence-corrected chi connectivity index (χ4v) is 3.75. The number of carbonyl (C=O) groups is 1. The van der Waals surface area contributed by atoms with E-state index in [0.717, 1.165) is 32.4 Å². The first-order valence-electron chi connectivity index (χ1n) is 7.70. The molecule has 0 aromatic heterocycles. The van der Waals surface area contributed by atoms with Crippen molar-refractivity contribution in [1.82, 2.24) is 5.32 Å². The topological polar surface area (TPSA) is 38.3 Å². The summed E-state index contributed by atoms with van der Waals surface area (Å²) in [5.74, 6) is 0.737. The molecule has 2 unspecified atom stereocenters. The highest BCUT2D eigenvalue weighted by molar-refractivity contribution is 5.86. The molecule has 18 heavy (non-hydrogen) atoms. The average molecular weight is 251 g/mol. The molecule has 2 atom stereocenters. The van der Waals surface area contributed by atoms with Crippen molar-refractivity contribution in [3.8, 4) is 0 Å². The van der Waals surface area contributed by atoms with Crippen LogP contribution in [0.1, 0.15) is 57.8 Å². The van der Waals surface area contributed by atoms with Gasteiger partial charge in [-0.3, -0.25) is 4.79 Å². The highest BCUT2D eigenvalue weighted by Gasteiger charge is 2.45. The third-order valence-electron chi connectivity index (χ3n) is 5.06. The predicted molar refractivity (Wildman–Crippen MR) is 70.5 cm³/mol. The molecule has 0 bridgehead atoms. The van der Waals surface area contributed by atoms with Crippen LogP contribution in [0.4, 0.5) is 0 Å². The van der Waals surface area contributed by atoms with E-state index in [1.165, 1.54) is 38.5 Å². The Morgan fingerprint density at radius 3 is 2.78 bits per heavy atom. The van der Waals surface area contributed by atoms with Crippen molar-refractivity contribution in [3.05, 3.63) is 0 Å². The predicted octanol–water partition coefficient (Wildman–Crippen LogP) is 2.44. The largest absolute Gasteiger partial charge is 0.375 e. The summed E-state index contributed by atoms with van der Waals surface area (Å²) in [6.45, 7) is 1.81. The number of Topliss-reactive ketones (excluding diaryl/α,β-unsaturated/α-hetero) is 1. The third-order valence-corrected chi connectivity index (χ3v) is 5.06. The van der Waals surface area contributed by atoms with Crippen LogP contribution >= 0.6 is 0 Å². The summed E-state index contributed by atoms with van der Waals surface area (Å²) in [7, 11) is 0. The van der Waals surface area contributed by atoms with Gasteiger partial charge >= 0.3 is 0 Å². The quantitative estimate of drug-likeness (QED) is 0.819. The van der Waals surface area contributed by atoms with Crippen molar-refractivity contribution in [1.29, 1.82) is 0 Å². The van der Waals surface area contributed by atoms with Crippen molar-refractivity contribution in [3.63, 3.8) is 0 Å². The molecule has 2 heterocycles. The molecular weight excluding hydrogens is 226 g/mol. The van der Waals surface area contributed by atoms with Crippen molar-refractivity contribution >= 4 is 5.78 Å². The van der Waals surface area contributed by atoms with Gasteiger partial charge in [0.1, 0.15) is 0 Å². The molecule has 3 fully saturated rings. The standard InChI is InChI=1S/C15H25NO2/c17-14(13-5-2-1-3-9-16-13)12-6-10-18-15(11-12)7-4-8-15/h12-13,16H,1-11H2. The van der Waals surface area contributed by atoms with Gasteiger partial charge in [0, 0.05) is 12.5 Å². The monoisotopic (exact) mass is 251 g/mol. The second kappa shape index (κ2) is 5.30. The molecular formula is C15H25NO2. The Balaban J connectivity index is 1.60. The smallest absolute Gasteiger partial charge is 0.153 e. The zero-order valence-electron chi connectivity index (χ0n) is 11.2. The van der Waals surface area contributed by atoms with Gasteiger partial charge in [-0.2, -0.15) is 0 Å². The van der Waals surface area contributed by atoms with E-state index >= 15 is 0 Å². The molecule has 3 heteroatoms. The van der Waals surface area contributed by atoms with Crippen LogP contribution in [0, 0.1) is 5.92 Å². The highest BCUT2D eigenvalue weighted by atomic mass is 16.5. The summed E-state index contributed by atoms with van der Waals surface area (Å²) in [6, 6.07) is 0.132. The Kier molecular flexibility index (Phi) is 3.71. The maximum absolute atomic E-state index is 12.6. The molecule has 2 saturated heterocycles. The number of hydrogen-bond acceptors (Lipinski definition) is 3. The Morgan fingerprint density at radius 1 is 1.11 bits per heavy atom. The molecule has 3 aliphatic rings. The number of ketones is 1. The first-order chi connectivity index (χ1) is 8.79. The van der Waals surface area contributed by atoms with Crippen LogP contribution in [0.25, 0.3) is 0 Å². The van der Waals surface area contributed by atoms with E-state index in [4.69, 9.17) is 4.74 Å². The Labute approximate surface area is 110 Å². The van der Waals surface area contributed by atoms with Gasteiger partial charge in [-0.05, 0) is 51.5 Å². The lowest BCUT2D eigenvalue weighted by atomic mass is 9.70. The molecule has 3 nitrogen and oxygen atoms in total. The molecule has 102 valence electrons. The van der Waals surface area contributed by atoms with Crippen LogP contribution < -0.4 is 5.32 Å². The summed E-state index contributed by atoms with van der Waals surface area (Å²) >= 11 is 0. The van der Waals surface area contributed by atoms with E-state index in [2.05, 4.69) is 5.32 Å². The van der Waals surface area contributed by atoms with Gasteiger partial charge in [0.05, 0.1) is 11.6 Å². The number of hydrogen-bond donors (Lipinski definition) is 1. The van der Waals surface area contributed by atoms with Crippen LogP contribution in [0.5, 0.6) is 0 Å². The summed E-state index contributed by atoms with van der Waals surface area (Å²) in [5.41, 5.74) is 0.101. The summed E-state index contributed by atoms with van der Waals surface area (Å²) in [5, 5.41) is 3.45. The Bertz CT molecular complexity index is 304. The fourth-order valence-electron chi connectivity index (χ4n) is 3.75. The van der Waals surface area contributed by atoms with E-state index in [-0.39, 0.29) is 17.6 Å². The maximum atomic E-state index is 12.6. The van der Waals surface area contributed by atoms with Gasteiger partial charge in [0.15, 0.2) is 5.78 Å². The van der Waals surface area contributed by atoms with Gasteiger partial charge in [-0.25, -0.2) is 0 Å². The van der Waals surface area contributed by atoms with Crippen LogP contribution in [0.3, 0.4) is 0 Å². The average Bonchev–Trinajstić information content (AvgIpc) is 2.65. The molecule has 0 radical (unpaired) electrons. The zero-order valence-corrected chi connectivity index (χ0v) is 11.2. The van der Waals surface area contributed by atoms with Gasteiger partial charge in [-0.1, -0.05) is 12.8 Å². The van der Waals surface area contributed by atoms with Crippen LogP contribution in [-0.2, 0) is 9.53 Å². The molecule has 0 aromatic carbocycles. The maximum Gasteiger partial charge on any atom is 0.153 e. The molecule has 0 aromatic rings. The summed E-state index contributed by atoms with van der Waals surface area (Å²) < 4.78 is 5.92. The van der Waals surface area contributed by atoms with Crippen LogP contribution in [0.2, 0.25) is 0 Å². The molecule has 1 aliphatic carbocycles. The fraction of sp³-hybridized carbons (Fsp3) is 0.933. The Hall–Kier alpha value is -0.410. The normalized spacial score (nSPS) is 35.8. The van der Waals surface area contributed by atoms with Crippen molar-refractivity contribution in [2.45, 2.75) is 69.4 Å². The second-order valence-electron chi connectivity index (χ2n) is 6.33.